The molecule has 0 amide bonds. The number of nitrogens with zero attached hydrogens (tertiary/aromatic N) is 1. The zero-order valence-electron chi connectivity index (χ0n) is 15.5. The first-order valence-corrected chi connectivity index (χ1v) is 9.63. The third-order valence-electron chi connectivity index (χ3n) is 5.36. The molecule has 0 atom stereocenters. The Morgan fingerprint density at radius 2 is 1.77 bits per heavy atom. The van der Waals surface area contributed by atoms with Crippen LogP contribution < -0.4 is 0 Å². The molecule has 1 fully saturated rings. The number of hydrogen-bond donors (Lipinski definition) is 0. The largest absolute Gasteiger partial charge is 0.382 e. The van der Waals surface area contributed by atoms with E-state index >= 15 is 0 Å². The normalized spacial score (nSPS) is 15.1. The maximum Gasteiger partial charge on any atom is 0.0718 e. The molecule has 0 unspecified atom stereocenters. The standard InChI is InChI=1S/C23H27NO2/c1-25-13-14-26-17-18-11-12-22-20(15-18)16-23(19-7-3-2-4-8-19)24(22)21-9-5-6-10-21/h2-4,7-8,11-12,15-16,21H,5-6,9-10,13-14,17H2,1H3. The average Bonchev–Trinajstić information content (AvgIpc) is 3.33. The van der Waals surface area contributed by atoms with E-state index in [9.17, 15) is 0 Å². The topological polar surface area (TPSA) is 23.4 Å². The molecule has 1 aliphatic carbocycles. The number of methoxy groups -OCH3 is 1. The van der Waals surface area contributed by atoms with Crippen molar-refractivity contribution in [1.29, 1.82) is 0 Å². The van der Waals surface area contributed by atoms with Crippen LogP contribution >= 0.6 is 0 Å². The number of ether oxygens (including phenoxy) is 2. The molecule has 3 aromatic rings. The van der Waals surface area contributed by atoms with E-state index in [0.29, 0.717) is 25.9 Å². The Labute approximate surface area is 155 Å². The lowest BCUT2D eigenvalue weighted by atomic mass is 10.1. The van der Waals surface area contributed by atoms with E-state index in [1.165, 1.54) is 53.4 Å². The molecule has 0 N–H and O–H groups in total. The highest BCUT2D eigenvalue weighted by Gasteiger charge is 2.22. The Morgan fingerprint density at radius 1 is 0.962 bits per heavy atom. The Bertz CT molecular complexity index is 847. The maximum absolute atomic E-state index is 5.70. The second-order valence-electron chi connectivity index (χ2n) is 7.14. The van der Waals surface area contributed by atoms with Crippen molar-refractivity contribution in [3.8, 4) is 11.3 Å². The SMILES string of the molecule is COCCOCc1ccc2c(c1)cc(-c1ccccc1)n2C1CCCC1. The van der Waals surface area contributed by atoms with Gasteiger partial charge in [0.15, 0.2) is 0 Å². The predicted molar refractivity (Wildman–Crippen MR) is 106 cm³/mol. The van der Waals surface area contributed by atoms with Crippen LogP contribution in [0.15, 0.2) is 54.6 Å². The second-order valence-corrected chi connectivity index (χ2v) is 7.14. The minimum Gasteiger partial charge on any atom is -0.382 e. The molecule has 2 aromatic carbocycles. The van der Waals surface area contributed by atoms with Crippen molar-refractivity contribution >= 4 is 10.9 Å². The zero-order chi connectivity index (χ0) is 17.8. The van der Waals surface area contributed by atoms with Gasteiger partial charge in [-0.05, 0) is 42.2 Å². The van der Waals surface area contributed by atoms with Crippen LogP contribution in [0.2, 0.25) is 0 Å². The molecule has 4 rings (SSSR count). The lowest BCUT2D eigenvalue weighted by molar-refractivity contribution is 0.0617. The molecule has 0 spiro atoms. The highest BCUT2D eigenvalue weighted by molar-refractivity contribution is 5.87. The Hall–Kier alpha value is -2.10. The molecule has 0 aliphatic heterocycles. The lowest BCUT2D eigenvalue weighted by Gasteiger charge is -2.18. The van der Waals surface area contributed by atoms with Gasteiger partial charge in [-0.25, -0.2) is 0 Å². The van der Waals surface area contributed by atoms with Gasteiger partial charge in [0.1, 0.15) is 0 Å². The first kappa shape index (κ1) is 17.3. The van der Waals surface area contributed by atoms with Crippen molar-refractivity contribution in [2.45, 2.75) is 38.3 Å². The molecule has 3 nitrogen and oxygen atoms in total. The lowest BCUT2D eigenvalue weighted by Crippen LogP contribution is -2.06. The van der Waals surface area contributed by atoms with Gasteiger partial charge < -0.3 is 14.0 Å². The molecule has 0 bridgehead atoms. The number of hydrogen-bond acceptors (Lipinski definition) is 2. The predicted octanol–water partition coefficient (Wildman–Crippen LogP) is 5.59. The van der Waals surface area contributed by atoms with Crippen molar-refractivity contribution < 1.29 is 9.47 Å². The molecule has 0 radical (unpaired) electrons. The summed E-state index contributed by atoms with van der Waals surface area (Å²) < 4.78 is 13.3. The summed E-state index contributed by atoms with van der Waals surface area (Å²) in [6.45, 7) is 1.90. The molecular weight excluding hydrogens is 322 g/mol. The summed E-state index contributed by atoms with van der Waals surface area (Å²) in [5, 5.41) is 1.31. The van der Waals surface area contributed by atoms with E-state index in [4.69, 9.17) is 9.47 Å². The Kier molecular flexibility index (Phi) is 5.37. The Morgan fingerprint density at radius 3 is 2.54 bits per heavy atom. The van der Waals surface area contributed by atoms with Gasteiger partial charge in [0.05, 0.1) is 19.8 Å². The van der Waals surface area contributed by atoms with Crippen LogP contribution in [0.3, 0.4) is 0 Å². The van der Waals surface area contributed by atoms with E-state index in [1.54, 1.807) is 7.11 Å². The van der Waals surface area contributed by atoms with Gasteiger partial charge >= 0.3 is 0 Å². The second kappa shape index (κ2) is 8.07. The molecule has 0 saturated heterocycles. The van der Waals surface area contributed by atoms with Crippen molar-refractivity contribution in [2.24, 2.45) is 0 Å². The molecule has 1 heterocycles. The third kappa shape index (κ3) is 3.55. The number of rotatable bonds is 7. The maximum atomic E-state index is 5.70. The van der Waals surface area contributed by atoms with Crippen molar-refractivity contribution in [2.75, 3.05) is 20.3 Å². The molecule has 3 heteroatoms. The minimum absolute atomic E-state index is 0.617. The fraction of sp³-hybridized carbons (Fsp3) is 0.391. The van der Waals surface area contributed by atoms with Gasteiger partial charge in [-0.3, -0.25) is 0 Å². The van der Waals surface area contributed by atoms with Crippen LogP contribution in [0.25, 0.3) is 22.2 Å². The first-order chi connectivity index (χ1) is 12.9. The van der Waals surface area contributed by atoms with E-state index < -0.39 is 0 Å². The van der Waals surface area contributed by atoms with E-state index in [-0.39, 0.29) is 0 Å². The molecule has 1 saturated carbocycles. The summed E-state index contributed by atoms with van der Waals surface area (Å²) in [7, 11) is 1.70. The molecule has 1 aliphatic rings. The van der Waals surface area contributed by atoms with Crippen LogP contribution in [0, 0.1) is 0 Å². The Balaban J connectivity index is 1.71. The highest BCUT2D eigenvalue weighted by atomic mass is 16.5. The van der Waals surface area contributed by atoms with Gasteiger partial charge in [-0.2, -0.15) is 0 Å². The number of benzene rings is 2. The van der Waals surface area contributed by atoms with E-state index in [0.717, 1.165) is 0 Å². The van der Waals surface area contributed by atoms with E-state index in [2.05, 4.69) is 59.2 Å². The quantitative estimate of drug-likeness (QED) is 0.519. The van der Waals surface area contributed by atoms with Gasteiger partial charge in [0.25, 0.3) is 0 Å². The number of fused-ring (bicyclic) bond motifs is 1. The van der Waals surface area contributed by atoms with Crippen LogP contribution in [0.1, 0.15) is 37.3 Å². The summed E-state index contributed by atoms with van der Waals surface area (Å²) in [6.07, 6.45) is 5.24. The van der Waals surface area contributed by atoms with Gasteiger partial charge in [-0.15, -0.1) is 0 Å². The monoisotopic (exact) mass is 349 g/mol. The summed E-state index contributed by atoms with van der Waals surface area (Å²) in [6, 6.07) is 20.5. The average molecular weight is 349 g/mol. The molecule has 1 aromatic heterocycles. The summed E-state index contributed by atoms with van der Waals surface area (Å²) in [5.74, 6) is 0. The number of aromatic nitrogens is 1. The summed E-state index contributed by atoms with van der Waals surface area (Å²) in [4.78, 5) is 0. The van der Waals surface area contributed by atoms with Crippen LogP contribution in [0.5, 0.6) is 0 Å². The van der Waals surface area contributed by atoms with Gasteiger partial charge in [0, 0.05) is 29.7 Å². The molecule has 26 heavy (non-hydrogen) atoms. The fourth-order valence-corrected chi connectivity index (χ4v) is 4.09. The first-order valence-electron chi connectivity index (χ1n) is 9.63. The van der Waals surface area contributed by atoms with Crippen molar-refractivity contribution in [3.05, 3.63) is 60.2 Å². The van der Waals surface area contributed by atoms with E-state index in [1.807, 2.05) is 0 Å². The van der Waals surface area contributed by atoms with Crippen molar-refractivity contribution in [1.82, 2.24) is 4.57 Å². The third-order valence-corrected chi connectivity index (χ3v) is 5.36. The van der Waals surface area contributed by atoms with Crippen LogP contribution in [0.4, 0.5) is 0 Å². The highest BCUT2D eigenvalue weighted by Crippen LogP contribution is 2.38. The van der Waals surface area contributed by atoms with Crippen molar-refractivity contribution in [3.63, 3.8) is 0 Å². The van der Waals surface area contributed by atoms with Crippen LogP contribution in [-0.2, 0) is 16.1 Å². The van der Waals surface area contributed by atoms with Crippen LogP contribution in [-0.4, -0.2) is 24.9 Å². The smallest absolute Gasteiger partial charge is 0.0718 e. The minimum atomic E-state index is 0.617. The van der Waals surface area contributed by atoms with Gasteiger partial charge in [0.2, 0.25) is 0 Å². The van der Waals surface area contributed by atoms with Gasteiger partial charge in [-0.1, -0.05) is 49.2 Å². The summed E-state index contributed by atoms with van der Waals surface area (Å²) >= 11 is 0. The zero-order valence-corrected chi connectivity index (χ0v) is 15.5. The summed E-state index contributed by atoms with van der Waals surface area (Å²) in [5.41, 5.74) is 5.20. The fourth-order valence-electron chi connectivity index (χ4n) is 4.09. The molecule has 136 valence electrons. The molecular formula is C23H27NO2.